The van der Waals surface area contributed by atoms with Crippen molar-refractivity contribution < 1.29 is 42.8 Å². The third-order valence-electron chi connectivity index (χ3n) is 4.56. The normalized spacial score (nSPS) is 20.8. The van der Waals surface area contributed by atoms with Gasteiger partial charge in [-0.15, -0.1) is 0 Å². The van der Waals surface area contributed by atoms with Crippen molar-refractivity contribution in [2.45, 2.75) is 63.3 Å². The first kappa shape index (κ1) is 21.5. The number of carbonyl (C=O) groups excluding carboxylic acids is 1. The van der Waals surface area contributed by atoms with E-state index in [9.17, 15) is 13.2 Å². The molecule has 1 aliphatic carbocycles. The van der Waals surface area contributed by atoms with Gasteiger partial charge in [0, 0.05) is 0 Å². The number of rotatable bonds is 5. The smallest absolute Gasteiger partial charge is 0.427 e. The molecule has 24 heavy (non-hydrogen) atoms. The summed E-state index contributed by atoms with van der Waals surface area (Å²) in [6.07, 6.45) is 5.82. The van der Waals surface area contributed by atoms with E-state index in [1.807, 2.05) is 11.6 Å². The number of nitrogens with zero attached hydrogens (tertiary/aromatic N) is 1. The van der Waals surface area contributed by atoms with Crippen molar-refractivity contribution in [3.8, 4) is 0 Å². The first-order chi connectivity index (χ1) is 10.9. The van der Waals surface area contributed by atoms with Crippen LogP contribution in [-0.4, -0.2) is 20.5 Å². The third kappa shape index (κ3) is 6.06. The van der Waals surface area contributed by atoms with Crippen LogP contribution in [0.5, 0.6) is 0 Å². The van der Waals surface area contributed by atoms with E-state index in [1.54, 1.807) is 12.1 Å². The van der Waals surface area contributed by atoms with Crippen LogP contribution < -0.4 is 34.3 Å². The molecular weight excluding hydrogens is 335 g/mol. The van der Waals surface area contributed by atoms with Crippen LogP contribution in [-0.2, 0) is 16.4 Å². The molecule has 2 amide bonds. The number of nitrogens with one attached hydrogen (secondary N) is 1. The minimum atomic E-state index is -3.84. The Morgan fingerprint density at radius 3 is 2.21 bits per heavy atom. The molecule has 1 aromatic rings. The molecule has 1 aliphatic rings. The summed E-state index contributed by atoms with van der Waals surface area (Å²) in [6, 6.07) is 5.71. The molecule has 1 saturated carbocycles. The molecule has 0 atom stereocenters. The van der Waals surface area contributed by atoms with E-state index in [0.29, 0.717) is 5.92 Å². The van der Waals surface area contributed by atoms with E-state index in [4.69, 9.17) is 0 Å². The van der Waals surface area contributed by atoms with E-state index >= 15 is 0 Å². The standard InChI is InChI=1S/C17H26N2O3S.Na/c1-3-13-5-9-15(10-6-13)18-17(20)19-23(21,22)16-11-7-14(4-2)8-12-16;/h7-8,11-13,15H,3-6,9-10H2,1-2H3,(H2,18,19,20);/q;+1/p-1. The summed E-state index contributed by atoms with van der Waals surface area (Å²) in [5.74, 6) is 0.713. The molecule has 128 valence electrons. The van der Waals surface area contributed by atoms with Crippen LogP contribution in [0, 0.1) is 5.92 Å². The number of hydrogen-bond acceptors (Lipinski definition) is 3. The fourth-order valence-corrected chi connectivity index (χ4v) is 3.85. The Labute approximate surface area is 167 Å². The first-order valence-electron chi connectivity index (χ1n) is 8.31. The second kappa shape index (κ2) is 9.80. The molecule has 0 radical (unpaired) electrons. The zero-order valence-electron chi connectivity index (χ0n) is 14.8. The average Bonchev–Trinajstić information content (AvgIpc) is 2.55. The SMILES string of the molecule is CCc1ccc(S(=O)(=O)NC(=O)[N-]C2CCC(CC)CC2)cc1.[Na+]. The monoisotopic (exact) mass is 360 g/mol. The van der Waals surface area contributed by atoms with Crippen LogP contribution in [0.15, 0.2) is 29.2 Å². The van der Waals surface area contributed by atoms with Gasteiger partial charge in [-0.2, -0.15) is 0 Å². The molecule has 0 heterocycles. The van der Waals surface area contributed by atoms with E-state index in [1.165, 1.54) is 12.1 Å². The van der Waals surface area contributed by atoms with Gasteiger partial charge in [-0.1, -0.05) is 58.1 Å². The van der Waals surface area contributed by atoms with Crippen molar-refractivity contribution >= 4 is 16.1 Å². The van der Waals surface area contributed by atoms with E-state index in [2.05, 4.69) is 12.2 Å². The van der Waals surface area contributed by atoms with Crippen molar-refractivity contribution in [2.24, 2.45) is 5.92 Å². The zero-order chi connectivity index (χ0) is 16.9. The largest absolute Gasteiger partial charge is 1.00 e. The van der Waals surface area contributed by atoms with Crippen molar-refractivity contribution in [2.75, 3.05) is 0 Å². The molecular formula is C17H25N2NaO3S. The van der Waals surface area contributed by atoms with Gasteiger partial charge in [0.15, 0.2) is 6.03 Å². The number of hydrogen-bond donors (Lipinski definition) is 1. The molecule has 2 rings (SSSR count). The maximum Gasteiger partial charge on any atom is 1.00 e. The molecule has 5 nitrogen and oxygen atoms in total. The Morgan fingerprint density at radius 1 is 1.12 bits per heavy atom. The molecule has 0 unspecified atom stereocenters. The second-order valence-corrected chi connectivity index (χ2v) is 7.80. The van der Waals surface area contributed by atoms with Gasteiger partial charge in [-0.25, -0.2) is 8.42 Å². The molecule has 1 N–H and O–H groups in total. The van der Waals surface area contributed by atoms with Gasteiger partial charge < -0.3 is 10.0 Å². The molecule has 0 aromatic heterocycles. The quantitative estimate of drug-likeness (QED) is 0.796. The summed E-state index contributed by atoms with van der Waals surface area (Å²) in [4.78, 5) is 12.0. The van der Waals surface area contributed by atoms with Crippen LogP contribution in [0.25, 0.3) is 5.32 Å². The fourth-order valence-electron chi connectivity index (χ4n) is 2.95. The number of sulfonamides is 1. The van der Waals surface area contributed by atoms with Gasteiger partial charge in [0.05, 0.1) is 4.90 Å². The predicted molar refractivity (Wildman–Crippen MR) is 90.9 cm³/mol. The number of urea groups is 1. The second-order valence-electron chi connectivity index (χ2n) is 6.12. The summed E-state index contributed by atoms with van der Waals surface area (Å²) in [7, 11) is -3.84. The van der Waals surface area contributed by atoms with Gasteiger partial charge >= 0.3 is 29.6 Å². The third-order valence-corrected chi connectivity index (χ3v) is 5.89. The van der Waals surface area contributed by atoms with Crippen molar-refractivity contribution in [1.82, 2.24) is 4.72 Å². The Morgan fingerprint density at radius 2 is 1.71 bits per heavy atom. The number of aryl methyl sites for hydroxylation is 1. The summed E-state index contributed by atoms with van der Waals surface area (Å²) < 4.78 is 26.4. The molecule has 7 heteroatoms. The Kier molecular flexibility index (Phi) is 8.77. The van der Waals surface area contributed by atoms with Crippen LogP contribution in [0.2, 0.25) is 0 Å². The fraction of sp³-hybridized carbons (Fsp3) is 0.588. The van der Waals surface area contributed by atoms with Crippen LogP contribution in [0.4, 0.5) is 4.79 Å². The van der Waals surface area contributed by atoms with Gasteiger partial charge in [0.1, 0.15) is 0 Å². The Balaban J connectivity index is 0.00000288. The van der Waals surface area contributed by atoms with Crippen molar-refractivity contribution in [1.29, 1.82) is 0 Å². The zero-order valence-corrected chi connectivity index (χ0v) is 17.6. The van der Waals surface area contributed by atoms with E-state index in [0.717, 1.165) is 44.1 Å². The molecule has 0 spiro atoms. The molecule has 0 saturated heterocycles. The summed E-state index contributed by atoms with van der Waals surface area (Å²) >= 11 is 0. The van der Waals surface area contributed by atoms with E-state index in [-0.39, 0.29) is 40.5 Å². The Hall–Kier alpha value is -0.560. The summed E-state index contributed by atoms with van der Waals surface area (Å²) in [5.41, 5.74) is 1.05. The van der Waals surface area contributed by atoms with Gasteiger partial charge in [-0.05, 0) is 36.1 Å². The van der Waals surface area contributed by atoms with E-state index < -0.39 is 16.1 Å². The molecule has 0 aliphatic heterocycles. The number of carbonyl (C=O) groups is 1. The Bertz CT molecular complexity index is 624. The van der Waals surface area contributed by atoms with Crippen LogP contribution in [0.3, 0.4) is 0 Å². The predicted octanol–water partition coefficient (Wildman–Crippen LogP) is 0.994. The maximum absolute atomic E-state index is 12.2. The number of benzene rings is 1. The topological polar surface area (TPSA) is 77.3 Å². The molecule has 1 aromatic carbocycles. The minimum absolute atomic E-state index is 0. The van der Waals surface area contributed by atoms with Crippen molar-refractivity contribution in [3.63, 3.8) is 0 Å². The minimum Gasteiger partial charge on any atom is -0.427 e. The summed E-state index contributed by atoms with van der Waals surface area (Å²) in [6.45, 7) is 4.17. The first-order valence-corrected chi connectivity index (χ1v) is 9.79. The van der Waals surface area contributed by atoms with Gasteiger partial charge in [0.25, 0.3) is 0 Å². The van der Waals surface area contributed by atoms with Gasteiger partial charge in [-0.3, -0.25) is 4.79 Å². The molecule has 1 fully saturated rings. The van der Waals surface area contributed by atoms with Crippen LogP contribution >= 0.6 is 0 Å². The summed E-state index contributed by atoms with van der Waals surface area (Å²) in [5, 5.41) is 4.02. The molecule has 0 bridgehead atoms. The van der Waals surface area contributed by atoms with Crippen molar-refractivity contribution in [3.05, 3.63) is 35.1 Å². The van der Waals surface area contributed by atoms with Gasteiger partial charge in [0.2, 0.25) is 10.0 Å². The maximum atomic E-state index is 12.2. The van der Waals surface area contributed by atoms with Crippen LogP contribution in [0.1, 0.15) is 51.5 Å². The average molecular weight is 360 g/mol. The number of amides is 2.